The number of guanidine groups is 1. The van der Waals surface area contributed by atoms with Crippen LogP contribution in [0, 0.1) is 0 Å². The van der Waals surface area contributed by atoms with E-state index >= 15 is 0 Å². The van der Waals surface area contributed by atoms with Crippen molar-refractivity contribution >= 4 is 29.2 Å². The molecule has 1 aromatic rings. The maximum absolute atomic E-state index is 6.23. The number of rotatable bonds is 5. The zero-order chi connectivity index (χ0) is 16.7. The number of nitrogens with zero attached hydrogens (tertiary/aromatic N) is 2. The zero-order valence-corrected chi connectivity index (χ0v) is 15.3. The minimum Gasteiger partial charge on any atom is -0.378 e. The van der Waals surface area contributed by atoms with Gasteiger partial charge in [0.05, 0.1) is 12.6 Å². The van der Waals surface area contributed by atoms with Crippen molar-refractivity contribution in [1.29, 1.82) is 0 Å². The SMILES string of the molecule is CCNC(=NCc1ccc(Cl)cc1Cl)N1CCC(OCC)CC1. The Balaban J connectivity index is 2.00. The van der Waals surface area contributed by atoms with Crippen molar-refractivity contribution in [3.63, 3.8) is 0 Å². The molecular formula is C17H25Cl2N3O. The van der Waals surface area contributed by atoms with Crippen LogP contribution in [0.2, 0.25) is 10.0 Å². The Morgan fingerprint density at radius 3 is 2.65 bits per heavy atom. The zero-order valence-electron chi connectivity index (χ0n) is 13.8. The van der Waals surface area contributed by atoms with Crippen molar-refractivity contribution < 1.29 is 4.74 Å². The van der Waals surface area contributed by atoms with Crippen LogP contribution in [-0.2, 0) is 11.3 Å². The first kappa shape index (κ1) is 18.4. The summed E-state index contributed by atoms with van der Waals surface area (Å²) in [6.45, 7) is 8.23. The average Bonchev–Trinajstić information content (AvgIpc) is 2.54. The molecule has 6 heteroatoms. The molecular weight excluding hydrogens is 333 g/mol. The number of likely N-dealkylation sites (tertiary alicyclic amines) is 1. The topological polar surface area (TPSA) is 36.9 Å². The summed E-state index contributed by atoms with van der Waals surface area (Å²) in [4.78, 5) is 7.03. The van der Waals surface area contributed by atoms with E-state index in [0.29, 0.717) is 22.7 Å². The summed E-state index contributed by atoms with van der Waals surface area (Å²) >= 11 is 12.2. The fourth-order valence-corrected chi connectivity index (χ4v) is 3.17. The Labute approximate surface area is 148 Å². The van der Waals surface area contributed by atoms with E-state index in [1.165, 1.54) is 0 Å². The lowest BCUT2D eigenvalue weighted by atomic mass is 10.1. The normalized spacial score (nSPS) is 16.7. The number of nitrogens with one attached hydrogen (secondary N) is 1. The fraction of sp³-hybridized carbons (Fsp3) is 0.588. The van der Waals surface area contributed by atoms with Crippen LogP contribution in [0.1, 0.15) is 32.3 Å². The molecule has 0 saturated carbocycles. The van der Waals surface area contributed by atoms with Gasteiger partial charge in [-0.2, -0.15) is 0 Å². The molecule has 1 aliphatic heterocycles. The van der Waals surface area contributed by atoms with Crippen LogP contribution in [0.4, 0.5) is 0 Å². The Bertz CT molecular complexity index is 529. The summed E-state index contributed by atoms with van der Waals surface area (Å²) < 4.78 is 5.71. The summed E-state index contributed by atoms with van der Waals surface area (Å²) in [5.41, 5.74) is 0.982. The maximum Gasteiger partial charge on any atom is 0.194 e. The summed E-state index contributed by atoms with van der Waals surface area (Å²) in [7, 11) is 0. The van der Waals surface area contributed by atoms with E-state index in [2.05, 4.69) is 17.1 Å². The summed E-state index contributed by atoms with van der Waals surface area (Å²) in [6.07, 6.45) is 2.46. The highest BCUT2D eigenvalue weighted by Crippen LogP contribution is 2.22. The Morgan fingerprint density at radius 2 is 2.04 bits per heavy atom. The maximum atomic E-state index is 6.23. The average molecular weight is 358 g/mol. The van der Waals surface area contributed by atoms with Gasteiger partial charge in [-0.1, -0.05) is 29.3 Å². The molecule has 128 valence electrons. The van der Waals surface area contributed by atoms with Gasteiger partial charge in [0.2, 0.25) is 0 Å². The Hall–Kier alpha value is -0.970. The second kappa shape index (κ2) is 9.36. The van der Waals surface area contributed by atoms with E-state index in [-0.39, 0.29) is 0 Å². The number of benzene rings is 1. The first-order chi connectivity index (χ1) is 11.1. The highest BCUT2D eigenvalue weighted by Gasteiger charge is 2.21. The van der Waals surface area contributed by atoms with Crippen LogP contribution in [-0.4, -0.2) is 43.2 Å². The van der Waals surface area contributed by atoms with Gasteiger partial charge in [0.1, 0.15) is 0 Å². The smallest absolute Gasteiger partial charge is 0.194 e. The number of ether oxygens (including phenoxy) is 1. The molecule has 1 N–H and O–H groups in total. The van der Waals surface area contributed by atoms with E-state index in [9.17, 15) is 0 Å². The van der Waals surface area contributed by atoms with Gasteiger partial charge in [-0.05, 0) is 44.4 Å². The van der Waals surface area contributed by atoms with Gasteiger partial charge in [-0.25, -0.2) is 4.99 Å². The molecule has 1 saturated heterocycles. The molecule has 23 heavy (non-hydrogen) atoms. The standard InChI is InChI=1S/C17H25Cl2N3O/c1-3-20-17(22-9-7-15(8-10-22)23-4-2)21-12-13-5-6-14(18)11-16(13)19/h5-6,11,15H,3-4,7-10,12H2,1-2H3,(H,20,21). The largest absolute Gasteiger partial charge is 0.378 e. The Kier molecular flexibility index (Phi) is 7.47. The number of halogens is 2. The van der Waals surface area contributed by atoms with E-state index in [1.807, 2.05) is 19.1 Å². The summed E-state index contributed by atoms with van der Waals surface area (Å²) in [6, 6.07) is 5.53. The van der Waals surface area contributed by atoms with Crippen molar-refractivity contribution in [2.45, 2.75) is 39.3 Å². The number of piperidine rings is 1. The molecule has 1 heterocycles. The van der Waals surface area contributed by atoms with Gasteiger partial charge in [0.15, 0.2) is 5.96 Å². The molecule has 0 unspecified atom stereocenters. The van der Waals surface area contributed by atoms with Gasteiger partial charge >= 0.3 is 0 Å². The van der Waals surface area contributed by atoms with E-state index in [0.717, 1.165) is 50.6 Å². The summed E-state index contributed by atoms with van der Waals surface area (Å²) in [5.74, 6) is 0.938. The number of hydrogen-bond acceptors (Lipinski definition) is 2. The van der Waals surface area contributed by atoms with Crippen molar-refractivity contribution in [3.05, 3.63) is 33.8 Å². The van der Waals surface area contributed by atoms with Crippen molar-refractivity contribution in [1.82, 2.24) is 10.2 Å². The van der Waals surface area contributed by atoms with E-state index in [4.69, 9.17) is 32.9 Å². The second-order valence-corrected chi connectivity index (χ2v) is 6.39. The predicted octanol–water partition coefficient (Wildman–Crippen LogP) is 3.96. The molecule has 4 nitrogen and oxygen atoms in total. The van der Waals surface area contributed by atoms with Gasteiger partial charge < -0.3 is 15.0 Å². The minimum atomic E-state index is 0.379. The van der Waals surface area contributed by atoms with E-state index < -0.39 is 0 Å². The minimum absolute atomic E-state index is 0.379. The third kappa shape index (κ3) is 5.55. The number of aliphatic imine (C=N–C) groups is 1. The van der Waals surface area contributed by atoms with Gasteiger partial charge in [-0.3, -0.25) is 0 Å². The molecule has 1 aromatic carbocycles. The monoisotopic (exact) mass is 357 g/mol. The lowest BCUT2D eigenvalue weighted by Gasteiger charge is -2.34. The van der Waals surface area contributed by atoms with Crippen LogP contribution in [0.5, 0.6) is 0 Å². The lowest BCUT2D eigenvalue weighted by molar-refractivity contribution is 0.0263. The molecule has 0 radical (unpaired) electrons. The van der Waals surface area contributed by atoms with Crippen molar-refractivity contribution in [2.24, 2.45) is 4.99 Å². The van der Waals surface area contributed by atoms with Crippen molar-refractivity contribution in [3.8, 4) is 0 Å². The van der Waals surface area contributed by atoms with Crippen LogP contribution >= 0.6 is 23.2 Å². The fourth-order valence-electron chi connectivity index (χ4n) is 2.71. The third-order valence-corrected chi connectivity index (χ3v) is 4.48. The second-order valence-electron chi connectivity index (χ2n) is 5.55. The van der Waals surface area contributed by atoms with E-state index in [1.54, 1.807) is 6.07 Å². The van der Waals surface area contributed by atoms with Gasteiger partial charge in [0.25, 0.3) is 0 Å². The molecule has 1 fully saturated rings. The van der Waals surface area contributed by atoms with Crippen LogP contribution in [0.3, 0.4) is 0 Å². The molecule has 0 amide bonds. The highest BCUT2D eigenvalue weighted by molar-refractivity contribution is 6.35. The van der Waals surface area contributed by atoms with Gasteiger partial charge in [-0.15, -0.1) is 0 Å². The first-order valence-corrected chi connectivity index (χ1v) is 8.98. The van der Waals surface area contributed by atoms with Crippen molar-refractivity contribution in [2.75, 3.05) is 26.2 Å². The van der Waals surface area contributed by atoms with Gasteiger partial charge in [0, 0.05) is 36.3 Å². The molecule has 2 rings (SSSR count). The van der Waals surface area contributed by atoms with Crippen LogP contribution in [0.15, 0.2) is 23.2 Å². The summed E-state index contributed by atoms with van der Waals surface area (Å²) in [5, 5.41) is 4.67. The lowest BCUT2D eigenvalue weighted by Crippen LogP contribution is -2.47. The molecule has 0 atom stereocenters. The molecule has 0 spiro atoms. The van der Waals surface area contributed by atoms with Crippen LogP contribution < -0.4 is 5.32 Å². The molecule has 1 aliphatic rings. The number of hydrogen-bond donors (Lipinski definition) is 1. The first-order valence-electron chi connectivity index (χ1n) is 8.22. The molecule has 0 aromatic heterocycles. The molecule has 0 bridgehead atoms. The molecule has 0 aliphatic carbocycles. The quantitative estimate of drug-likeness (QED) is 0.639. The van der Waals surface area contributed by atoms with Crippen LogP contribution in [0.25, 0.3) is 0 Å². The highest BCUT2D eigenvalue weighted by atomic mass is 35.5. The predicted molar refractivity (Wildman–Crippen MR) is 97.5 cm³/mol. The Morgan fingerprint density at radius 1 is 1.30 bits per heavy atom. The third-order valence-electron chi connectivity index (χ3n) is 3.89.